The zero-order valence-electron chi connectivity index (χ0n) is 33.0. The largest absolute Gasteiger partial charge is 0.497 e. The molecule has 0 radical (unpaired) electrons. The van der Waals surface area contributed by atoms with Gasteiger partial charge in [0.25, 0.3) is 0 Å². The molecule has 0 unspecified atom stereocenters. The molecular weight excluding hydrogens is 727 g/mol. The number of benzene rings is 1. The predicted molar refractivity (Wildman–Crippen MR) is 205 cm³/mol. The Morgan fingerprint density at radius 2 is 1.78 bits per heavy atom. The molecule has 0 bridgehead atoms. The molecule has 2 saturated carbocycles. The maximum Gasteiger partial charge on any atom is 0.307 e. The van der Waals surface area contributed by atoms with E-state index < -0.39 is 85.7 Å². The van der Waals surface area contributed by atoms with Gasteiger partial charge in [0, 0.05) is 29.8 Å². The van der Waals surface area contributed by atoms with Gasteiger partial charge in [-0.05, 0) is 95.5 Å². The lowest BCUT2D eigenvalue weighted by atomic mass is 9.72. The number of aromatic nitrogens is 1. The number of Topliss-reactive ketones (excluding diaryl/α,β-unsaturated/α-hetero) is 1. The predicted octanol–water partition coefficient (Wildman–Crippen LogP) is 5.26. The quantitative estimate of drug-likeness (QED) is 0.134. The van der Waals surface area contributed by atoms with Crippen molar-refractivity contribution in [2.45, 2.75) is 110 Å². The number of nitrogens with one attached hydrogen (secondary N) is 1. The molecule has 1 aromatic heterocycles. The third kappa shape index (κ3) is 9.28. The van der Waals surface area contributed by atoms with Crippen LogP contribution in [0.5, 0.6) is 11.6 Å². The SMILES string of the molecule is C=C[C@@H]1C[C@]1(CC(=O)[C@@H]1C[C@@H](Oc2nccc3cc(OC)ccc23)CN1C(=O)[C@@H](CC(=O)OC(C)(C)C)C(C)(C)C(=O)C=C(C)C)C(=O)NS(=O)(=O)C1CC1. The maximum absolute atomic E-state index is 14.9. The van der Waals surface area contributed by atoms with Gasteiger partial charge in [0.15, 0.2) is 11.6 Å². The second-order valence-electron chi connectivity index (χ2n) is 16.9. The number of allylic oxidation sites excluding steroid dienone is 3. The fourth-order valence-corrected chi connectivity index (χ4v) is 8.65. The molecule has 2 amide bonds. The van der Waals surface area contributed by atoms with Crippen LogP contribution in [0.1, 0.15) is 87.0 Å². The Labute approximate surface area is 323 Å². The first-order valence-electron chi connectivity index (χ1n) is 18.6. The summed E-state index contributed by atoms with van der Waals surface area (Å²) in [6.07, 6.45) is 4.11. The number of hydrogen-bond acceptors (Lipinski definition) is 11. The number of fused-ring (bicyclic) bond motifs is 1. The minimum Gasteiger partial charge on any atom is -0.497 e. The molecule has 1 aromatic carbocycles. The van der Waals surface area contributed by atoms with E-state index in [1.165, 1.54) is 17.1 Å². The Balaban J connectivity index is 1.51. The van der Waals surface area contributed by atoms with E-state index in [2.05, 4.69) is 16.3 Å². The maximum atomic E-state index is 14.9. The summed E-state index contributed by atoms with van der Waals surface area (Å²) in [7, 11) is -2.34. The summed E-state index contributed by atoms with van der Waals surface area (Å²) in [6.45, 7) is 15.5. The fourth-order valence-electron chi connectivity index (χ4n) is 7.27. The number of carbonyl (C=O) groups excluding carboxylic acids is 5. The summed E-state index contributed by atoms with van der Waals surface area (Å²) < 4.78 is 45.2. The molecule has 5 atom stereocenters. The van der Waals surface area contributed by atoms with Crippen LogP contribution in [0.2, 0.25) is 0 Å². The molecule has 14 heteroatoms. The second-order valence-corrected chi connectivity index (χ2v) is 18.8. The number of pyridine rings is 1. The van der Waals surface area contributed by atoms with Crippen molar-refractivity contribution in [2.75, 3.05) is 13.7 Å². The second kappa shape index (κ2) is 15.5. The van der Waals surface area contributed by atoms with Gasteiger partial charge in [0.05, 0.1) is 42.7 Å². The van der Waals surface area contributed by atoms with E-state index in [0.29, 0.717) is 29.6 Å². The van der Waals surface area contributed by atoms with E-state index in [0.717, 1.165) is 5.39 Å². The average Bonchev–Trinajstić information content (AvgIpc) is 4.02. The zero-order valence-corrected chi connectivity index (χ0v) is 33.8. The number of ketones is 2. The van der Waals surface area contributed by atoms with Crippen molar-refractivity contribution in [1.82, 2.24) is 14.6 Å². The summed E-state index contributed by atoms with van der Waals surface area (Å²) in [5.74, 6) is -3.74. The molecular formula is C41H53N3O10S. The monoisotopic (exact) mass is 779 g/mol. The Morgan fingerprint density at radius 1 is 1.09 bits per heavy atom. The summed E-state index contributed by atoms with van der Waals surface area (Å²) >= 11 is 0. The van der Waals surface area contributed by atoms with Crippen molar-refractivity contribution in [2.24, 2.45) is 22.7 Å². The number of esters is 1. The van der Waals surface area contributed by atoms with Crippen molar-refractivity contribution in [1.29, 1.82) is 0 Å². The number of rotatable bonds is 16. The lowest BCUT2D eigenvalue weighted by Gasteiger charge is -2.36. The summed E-state index contributed by atoms with van der Waals surface area (Å²) in [5, 5.41) is 0.818. The number of sulfonamides is 1. The van der Waals surface area contributed by atoms with E-state index in [-0.39, 0.29) is 37.5 Å². The highest BCUT2D eigenvalue weighted by molar-refractivity contribution is 7.90. The molecule has 2 heterocycles. The van der Waals surface area contributed by atoms with Crippen molar-refractivity contribution in [3.63, 3.8) is 0 Å². The number of ether oxygens (including phenoxy) is 3. The molecule has 3 aliphatic rings. The molecule has 5 rings (SSSR count). The van der Waals surface area contributed by atoms with Crippen LogP contribution >= 0.6 is 0 Å². The van der Waals surface area contributed by atoms with Crippen LogP contribution in [0.3, 0.4) is 0 Å². The molecule has 13 nitrogen and oxygen atoms in total. The third-order valence-corrected chi connectivity index (χ3v) is 12.5. The number of carbonyl (C=O) groups is 5. The van der Waals surface area contributed by atoms with Crippen LogP contribution in [0.15, 0.2) is 54.8 Å². The highest BCUT2D eigenvalue weighted by atomic mass is 32.2. The molecule has 0 spiro atoms. The first-order chi connectivity index (χ1) is 25.6. The van der Waals surface area contributed by atoms with Crippen LogP contribution < -0.4 is 14.2 Å². The van der Waals surface area contributed by atoms with Gasteiger partial charge in [-0.3, -0.25) is 28.7 Å². The van der Waals surface area contributed by atoms with Crippen LogP contribution in [0.4, 0.5) is 0 Å². The highest BCUT2D eigenvalue weighted by Gasteiger charge is 2.61. The topological polar surface area (TPSA) is 175 Å². The summed E-state index contributed by atoms with van der Waals surface area (Å²) in [6, 6.07) is 6.05. The number of hydrogen-bond donors (Lipinski definition) is 1. The van der Waals surface area contributed by atoms with Crippen LogP contribution in [-0.4, -0.2) is 84.3 Å². The van der Waals surface area contributed by atoms with Gasteiger partial charge >= 0.3 is 5.97 Å². The van der Waals surface area contributed by atoms with Crippen molar-refractivity contribution < 1.29 is 46.6 Å². The molecule has 1 aliphatic heterocycles. The smallest absolute Gasteiger partial charge is 0.307 e. The number of likely N-dealkylation sites (tertiary alicyclic amines) is 1. The highest BCUT2D eigenvalue weighted by Crippen LogP contribution is 2.57. The summed E-state index contributed by atoms with van der Waals surface area (Å²) in [4.78, 5) is 75.9. The standard InChI is InChI=1S/C41H53N3O10S/c1-10-26-21-41(26,38(49)43-55(50,51)29-12-13-29)22-33(45)32-19-28(53-36-30-14-11-27(52-9)18-25(30)15-16-42-36)23-44(32)37(48)31(20-35(47)54-39(4,5)6)40(7,8)34(46)17-24(2)3/h10-11,14-18,26,28-29,31-32H,1,12-13,19-23H2,2-9H3,(H,43,49)/t26-,28-,31-,32+,41-/m1/s1. The van der Waals surface area contributed by atoms with Gasteiger partial charge in [0.1, 0.15) is 17.5 Å². The number of nitrogens with zero attached hydrogens (tertiary/aromatic N) is 2. The van der Waals surface area contributed by atoms with Gasteiger partial charge < -0.3 is 19.1 Å². The van der Waals surface area contributed by atoms with E-state index in [1.54, 1.807) is 80.0 Å². The fraction of sp³-hybridized carbons (Fsp3) is 0.561. The molecule has 298 valence electrons. The Morgan fingerprint density at radius 3 is 2.36 bits per heavy atom. The first-order valence-corrected chi connectivity index (χ1v) is 20.2. The van der Waals surface area contributed by atoms with Crippen LogP contribution in [0, 0.1) is 22.7 Å². The van der Waals surface area contributed by atoms with Gasteiger partial charge in [-0.25, -0.2) is 13.4 Å². The van der Waals surface area contributed by atoms with Gasteiger partial charge in [-0.1, -0.05) is 25.5 Å². The minimum absolute atomic E-state index is 0.0110. The average molecular weight is 780 g/mol. The Kier molecular flexibility index (Phi) is 11.7. The number of methoxy groups -OCH3 is 1. The van der Waals surface area contributed by atoms with Gasteiger partial charge in [-0.15, -0.1) is 6.58 Å². The van der Waals surface area contributed by atoms with E-state index in [4.69, 9.17) is 14.2 Å². The zero-order chi connectivity index (χ0) is 40.7. The third-order valence-electron chi connectivity index (χ3n) is 10.7. The van der Waals surface area contributed by atoms with Gasteiger partial charge in [0.2, 0.25) is 27.7 Å². The van der Waals surface area contributed by atoms with E-state index in [1.807, 2.05) is 6.07 Å². The Bertz CT molecular complexity index is 2030. The van der Waals surface area contributed by atoms with E-state index in [9.17, 15) is 32.4 Å². The van der Waals surface area contributed by atoms with E-state index >= 15 is 0 Å². The first kappa shape index (κ1) is 41.6. The van der Waals surface area contributed by atoms with Crippen LogP contribution in [0.25, 0.3) is 10.8 Å². The van der Waals surface area contributed by atoms with Crippen LogP contribution in [-0.2, 0) is 38.7 Å². The van der Waals surface area contributed by atoms with Crippen molar-refractivity contribution >= 4 is 50.1 Å². The molecule has 2 aliphatic carbocycles. The summed E-state index contributed by atoms with van der Waals surface area (Å²) in [5.41, 5.74) is -2.93. The molecule has 1 N–H and O–H groups in total. The molecule has 1 saturated heterocycles. The lowest BCUT2D eigenvalue weighted by molar-refractivity contribution is -0.162. The lowest BCUT2D eigenvalue weighted by Crippen LogP contribution is -2.50. The molecule has 3 fully saturated rings. The Hall–Kier alpha value is -4.59. The molecule has 55 heavy (non-hydrogen) atoms. The van der Waals surface area contributed by atoms with Gasteiger partial charge in [-0.2, -0.15) is 0 Å². The van der Waals surface area contributed by atoms with Crippen molar-refractivity contribution in [3.8, 4) is 11.6 Å². The molecule has 2 aromatic rings. The minimum atomic E-state index is -3.90. The normalized spacial score (nSPS) is 23.0. The van der Waals surface area contributed by atoms with Crippen molar-refractivity contribution in [3.05, 3.63) is 54.8 Å². The number of amides is 2.